The number of hydrogen-bond acceptors (Lipinski definition) is 3. The highest BCUT2D eigenvalue weighted by Gasteiger charge is 2.39. The second kappa shape index (κ2) is 5.79. The van der Waals surface area contributed by atoms with E-state index in [0.717, 1.165) is 0 Å². The molecule has 0 saturated carbocycles. The molecule has 2 rings (SSSR count). The smallest absolute Gasteiger partial charge is 0.410 e. The third kappa shape index (κ3) is 4.06. The number of ether oxygens (including phenoxy) is 1. The second-order valence-corrected chi connectivity index (χ2v) is 6.76. The van der Waals surface area contributed by atoms with E-state index in [1.54, 1.807) is 11.0 Å². The normalized spacial score (nSPS) is 18.4. The van der Waals surface area contributed by atoms with Crippen molar-refractivity contribution in [2.45, 2.75) is 44.9 Å². The molecule has 21 heavy (non-hydrogen) atoms. The number of likely N-dealkylation sites (tertiary alicyclic amines) is 1. The minimum Gasteiger partial charge on any atom is -0.444 e. The summed E-state index contributed by atoms with van der Waals surface area (Å²) in [5, 5.41) is 0.416. The monoisotopic (exact) mass is 314 g/mol. The maximum atomic E-state index is 15.0. The summed E-state index contributed by atoms with van der Waals surface area (Å²) in [6.07, 6.45) is 3.01. The predicted molar refractivity (Wildman–Crippen MR) is 79.1 cm³/mol. The molecule has 1 aliphatic heterocycles. The van der Waals surface area contributed by atoms with Crippen molar-refractivity contribution in [2.75, 3.05) is 13.1 Å². The van der Waals surface area contributed by atoms with Crippen LogP contribution in [0.4, 0.5) is 9.18 Å². The van der Waals surface area contributed by atoms with Gasteiger partial charge < -0.3 is 9.64 Å². The number of carbonyl (C=O) groups is 1. The highest BCUT2D eigenvalue weighted by molar-refractivity contribution is 6.30. The van der Waals surface area contributed by atoms with Crippen LogP contribution in [0.1, 0.15) is 39.2 Å². The number of aromatic nitrogens is 1. The molecule has 0 N–H and O–H groups in total. The van der Waals surface area contributed by atoms with Gasteiger partial charge in [0.15, 0.2) is 0 Å². The molecule has 1 aromatic rings. The lowest BCUT2D eigenvalue weighted by Crippen LogP contribution is -2.45. The summed E-state index contributed by atoms with van der Waals surface area (Å²) in [5.74, 6) is 0. The summed E-state index contributed by atoms with van der Waals surface area (Å²) in [5.41, 5.74) is -1.56. The molecule has 0 aliphatic carbocycles. The molecule has 2 heterocycles. The SMILES string of the molecule is CC(C)(C)OC(=O)N1CCC(F)(c2cncc(Cl)c2)CC1. The van der Waals surface area contributed by atoms with Crippen molar-refractivity contribution in [3.05, 3.63) is 29.0 Å². The summed E-state index contributed by atoms with van der Waals surface area (Å²) in [6, 6.07) is 1.59. The second-order valence-electron chi connectivity index (χ2n) is 6.32. The van der Waals surface area contributed by atoms with Crippen molar-refractivity contribution in [2.24, 2.45) is 0 Å². The maximum Gasteiger partial charge on any atom is 0.410 e. The van der Waals surface area contributed by atoms with Gasteiger partial charge in [0.1, 0.15) is 11.3 Å². The Morgan fingerprint density at radius 1 is 1.38 bits per heavy atom. The Balaban J connectivity index is 2.01. The van der Waals surface area contributed by atoms with E-state index in [2.05, 4.69) is 4.98 Å². The lowest BCUT2D eigenvalue weighted by Gasteiger charge is -2.37. The van der Waals surface area contributed by atoms with Gasteiger partial charge >= 0.3 is 6.09 Å². The molecule has 116 valence electrons. The summed E-state index contributed by atoms with van der Waals surface area (Å²) >= 11 is 5.86. The van der Waals surface area contributed by atoms with Crippen molar-refractivity contribution in [1.29, 1.82) is 0 Å². The number of hydrogen-bond donors (Lipinski definition) is 0. The van der Waals surface area contributed by atoms with Crippen molar-refractivity contribution in [3.8, 4) is 0 Å². The molecule has 0 spiro atoms. The molecule has 1 fully saturated rings. The average molecular weight is 315 g/mol. The molecule has 1 amide bonds. The molecule has 4 nitrogen and oxygen atoms in total. The van der Waals surface area contributed by atoms with Gasteiger partial charge in [-0.2, -0.15) is 0 Å². The first kappa shape index (κ1) is 16.0. The Labute approximate surface area is 129 Å². The summed E-state index contributed by atoms with van der Waals surface area (Å²) in [7, 11) is 0. The van der Waals surface area contributed by atoms with E-state index < -0.39 is 17.4 Å². The van der Waals surface area contributed by atoms with Gasteiger partial charge in [0.25, 0.3) is 0 Å². The molecule has 6 heteroatoms. The van der Waals surface area contributed by atoms with Gasteiger partial charge in [-0.25, -0.2) is 9.18 Å². The largest absolute Gasteiger partial charge is 0.444 e. The molecule has 0 unspecified atom stereocenters. The van der Waals surface area contributed by atoms with Gasteiger partial charge in [-0.15, -0.1) is 0 Å². The first-order chi connectivity index (χ1) is 9.70. The zero-order chi connectivity index (χ0) is 15.7. The van der Waals surface area contributed by atoms with Crippen LogP contribution in [-0.4, -0.2) is 34.7 Å². The molecule has 0 aromatic carbocycles. The van der Waals surface area contributed by atoms with Crippen molar-refractivity contribution in [3.63, 3.8) is 0 Å². The number of alkyl halides is 1. The van der Waals surface area contributed by atoms with E-state index in [1.165, 1.54) is 12.4 Å². The predicted octanol–water partition coefficient (Wildman–Crippen LogP) is 3.93. The van der Waals surface area contributed by atoms with Crippen LogP contribution >= 0.6 is 11.6 Å². The maximum absolute atomic E-state index is 15.0. The van der Waals surface area contributed by atoms with Gasteiger partial charge in [-0.1, -0.05) is 11.6 Å². The average Bonchev–Trinajstić information content (AvgIpc) is 2.37. The van der Waals surface area contributed by atoms with Gasteiger partial charge in [0.2, 0.25) is 0 Å². The number of carbonyl (C=O) groups excluding carboxylic acids is 1. The van der Waals surface area contributed by atoms with Crippen LogP contribution in [-0.2, 0) is 10.4 Å². The quantitative estimate of drug-likeness (QED) is 0.788. The molecule has 1 aliphatic rings. The third-order valence-corrected chi connectivity index (χ3v) is 3.64. The summed E-state index contributed by atoms with van der Waals surface area (Å²) < 4.78 is 20.3. The molecular weight excluding hydrogens is 295 g/mol. The number of pyridine rings is 1. The minimum atomic E-state index is -1.49. The molecule has 0 radical (unpaired) electrons. The van der Waals surface area contributed by atoms with Crippen LogP contribution in [0.3, 0.4) is 0 Å². The fraction of sp³-hybridized carbons (Fsp3) is 0.600. The van der Waals surface area contributed by atoms with Crippen molar-refractivity contribution < 1.29 is 13.9 Å². The lowest BCUT2D eigenvalue weighted by atomic mass is 9.87. The number of halogens is 2. The Hall–Kier alpha value is -1.36. The van der Waals surface area contributed by atoms with E-state index in [4.69, 9.17) is 16.3 Å². The van der Waals surface area contributed by atoms with E-state index in [1.807, 2.05) is 20.8 Å². The van der Waals surface area contributed by atoms with Crippen LogP contribution in [0, 0.1) is 0 Å². The van der Waals surface area contributed by atoms with Crippen LogP contribution in [0.25, 0.3) is 0 Å². The zero-order valence-corrected chi connectivity index (χ0v) is 13.3. The minimum absolute atomic E-state index is 0.217. The third-order valence-electron chi connectivity index (χ3n) is 3.43. The van der Waals surface area contributed by atoms with Gasteiger partial charge in [0, 0.05) is 43.9 Å². The van der Waals surface area contributed by atoms with Gasteiger partial charge in [-0.05, 0) is 26.8 Å². The van der Waals surface area contributed by atoms with Crippen LogP contribution in [0.5, 0.6) is 0 Å². The summed E-state index contributed by atoms with van der Waals surface area (Å²) in [4.78, 5) is 17.4. The number of nitrogens with zero attached hydrogens (tertiary/aromatic N) is 2. The molecule has 1 saturated heterocycles. The Morgan fingerprint density at radius 2 is 2.00 bits per heavy atom. The number of amides is 1. The van der Waals surface area contributed by atoms with Gasteiger partial charge in [0.05, 0.1) is 5.02 Å². The van der Waals surface area contributed by atoms with Crippen LogP contribution in [0.15, 0.2) is 18.5 Å². The van der Waals surface area contributed by atoms with Crippen LogP contribution < -0.4 is 0 Å². The number of rotatable bonds is 1. The fourth-order valence-electron chi connectivity index (χ4n) is 2.32. The van der Waals surface area contributed by atoms with E-state index >= 15 is 0 Å². The van der Waals surface area contributed by atoms with E-state index in [-0.39, 0.29) is 12.8 Å². The zero-order valence-electron chi connectivity index (χ0n) is 12.5. The van der Waals surface area contributed by atoms with Crippen molar-refractivity contribution in [1.82, 2.24) is 9.88 Å². The summed E-state index contributed by atoms with van der Waals surface area (Å²) in [6.45, 7) is 6.07. The van der Waals surface area contributed by atoms with E-state index in [9.17, 15) is 9.18 Å². The molecule has 0 atom stereocenters. The highest BCUT2D eigenvalue weighted by atomic mass is 35.5. The topological polar surface area (TPSA) is 42.4 Å². The molecule has 0 bridgehead atoms. The van der Waals surface area contributed by atoms with Crippen LogP contribution in [0.2, 0.25) is 5.02 Å². The molecule has 1 aromatic heterocycles. The number of piperidine rings is 1. The first-order valence-corrected chi connectivity index (χ1v) is 7.35. The Morgan fingerprint density at radius 3 is 2.52 bits per heavy atom. The lowest BCUT2D eigenvalue weighted by molar-refractivity contribution is 0.00214. The van der Waals surface area contributed by atoms with E-state index in [0.29, 0.717) is 23.7 Å². The van der Waals surface area contributed by atoms with Gasteiger partial charge in [-0.3, -0.25) is 4.98 Å². The Kier molecular flexibility index (Phi) is 4.42. The standard InChI is InChI=1S/C15H20ClFN2O2/c1-14(2,3)21-13(20)19-6-4-15(17,5-7-19)11-8-12(16)10-18-9-11/h8-10H,4-7H2,1-3H3. The van der Waals surface area contributed by atoms with Crippen molar-refractivity contribution >= 4 is 17.7 Å². The Bertz CT molecular complexity index is 523. The first-order valence-electron chi connectivity index (χ1n) is 6.97. The molecular formula is C15H20ClFN2O2. The highest BCUT2D eigenvalue weighted by Crippen LogP contribution is 2.37. The fourth-order valence-corrected chi connectivity index (χ4v) is 2.49.